The minimum Gasteiger partial charge on any atom is -0.274 e. The van der Waals surface area contributed by atoms with Gasteiger partial charge >= 0.3 is 0 Å². The van der Waals surface area contributed by atoms with E-state index in [1.54, 1.807) is 0 Å². The number of hydrogen-bond donors (Lipinski definition) is 0. The van der Waals surface area contributed by atoms with E-state index >= 15 is 0 Å². The van der Waals surface area contributed by atoms with E-state index in [-0.39, 0.29) is 0 Å². The maximum atomic E-state index is 3.19. The van der Waals surface area contributed by atoms with Crippen LogP contribution in [0.2, 0.25) is 0 Å². The van der Waals surface area contributed by atoms with Gasteiger partial charge in [-0.1, -0.05) is 0 Å². The van der Waals surface area contributed by atoms with Gasteiger partial charge in [0, 0.05) is 0 Å². The molecule has 0 saturated carbocycles. The maximum absolute atomic E-state index is 3.19. The van der Waals surface area contributed by atoms with Gasteiger partial charge in [-0.15, -0.1) is 6.42 Å². The van der Waals surface area contributed by atoms with Crippen LogP contribution in [0.3, 0.4) is 0 Å². The van der Waals surface area contributed by atoms with Crippen molar-refractivity contribution in [2.75, 3.05) is 0 Å². The maximum Gasteiger partial charge on any atom is -0.00237 e. The summed E-state index contributed by atoms with van der Waals surface area (Å²) in [5.74, 6) is 0. The summed E-state index contributed by atoms with van der Waals surface area (Å²) in [7, 11) is 1.17. The fourth-order valence-corrected chi connectivity index (χ4v) is 0.954. The van der Waals surface area contributed by atoms with Gasteiger partial charge in [-0.05, 0) is 10.2 Å². The molecule has 0 N–H and O–H groups in total. The lowest BCUT2D eigenvalue weighted by Gasteiger charge is -1.87. The molecule has 0 amide bonds. The molecule has 32 valence electrons. The molecule has 0 nitrogen and oxygen atoms in total. The largest absolute Gasteiger partial charge is 0.274 e. The van der Waals surface area contributed by atoms with Crippen LogP contribution >= 0.6 is 0 Å². The Kier molecular flexibility index (Phi) is 0.924. The number of hydrogen-bond acceptors (Lipinski definition) is 0. The molecule has 0 aromatic heterocycles. The predicted octanol–water partition coefficient (Wildman–Crippen LogP) is -0.00121. The smallest absolute Gasteiger partial charge is 0.00237 e. The number of allylic oxidation sites excluding steroid dienone is 4. The molecule has 0 radical (unpaired) electrons. The highest BCUT2D eigenvalue weighted by Crippen LogP contribution is 2.00. The first kappa shape index (κ1) is 3.87. The van der Waals surface area contributed by atoms with Gasteiger partial charge in [0.1, 0.15) is 0 Å². The highest BCUT2D eigenvalue weighted by atomic mass is 28.1. The summed E-state index contributed by atoms with van der Waals surface area (Å²) in [5, 5.41) is 1.41. The van der Waals surface area contributed by atoms with Crippen molar-refractivity contribution >= 4 is 10.2 Å². The fourth-order valence-electron chi connectivity index (χ4n) is 0.515. The Morgan fingerprint density at radius 2 is 2.67 bits per heavy atom. The Morgan fingerprint density at radius 3 is 2.83 bits per heavy atom. The molecule has 1 aliphatic rings. The average molecular weight is 95.2 g/mol. The Balaban J connectivity index is 2.68. The third-order valence-electron chi connectivity index (χ3n) is 0.867. The van der Waals surface area contributed by atoms with Crippen molar-refractivity contribution in [3.63, 3.8) is 0 Å². The molecule has 6 heavy (non-hydrogen) atoms. The van der Waals surface area contributed by atoms with Crippen molar-refractivity contribution in [3.8, 4) is 0 Å². The summed E-state index contributed by atoms with van der Waals surface area (Å²) < 4.78 is 0. The number of rotatable bonds is 0. The quantitative estimate of drug-likeness (QED) is 0.293. The molecule has 1 heteroatoms. The molecule has 0 saturated heterocycles. The fraction of sp³-hybridized carbons (Fsp3) is 0.200. The van der Waals surface area contributed by atoms with E-state index < -0.39 is 0 Å². The third-order valence-corrected chi connectivity index (χ3v) is 1.55. The molecule has 1 aliphatic carbocycles. The summed E-state index contributed by atoms with van der Waals surface area (Å²) in [4.78, 5) is 0. The highest BCUT2D eigenvalue weighted by molar-refractivity contribution is 6.23. The lowest BCUT2D eigenvalue weighted by molar-refractivity contribution is 1.39. The molecule has 1 rings (SSSR count). The second-order valence-corrected chi connectivity index (χ2v) is 2.54. The normalized spacial score (nSPS) is 19.0. The van der Waals surface area contributed by atoms with Crippen LogP contribution in [-0.4, -0.2) is 10.2 Å². The molecule has 0 unspecified atom stereocenters. The molecule has 0 bridgehead atoms. The van der Waals surface area contributed by atoms with Gasteiger partial charge in [-0.25, -0.2) is 11.3 Å². The Hall–Kier alpha value is -0.303. The second-order valence-electron chi connectivity index (χ2n) is 1.47. The van der Waals surface area contributed by atoms with E-state index in [4.69, 9.17) is 0 Å². The lowest BCUT2D eigenvalue weighted by atomic mass is 10.5. The van der Waals surface area contributed by atoms with Crippen LogP contribution in [0.1, 0.15) is 6.42 Å². The van der Waals surface area contributed by atoms with E-state index in [1.165, 1.54) is 15.4 Å². The summed E-state index contributed by atoms with van der Waals surface area (Å²) >= 11 is 0. The predicted molar refractivity (Wildman–Crippen MR) is 30.5 cm³/mol. The van der Waals surface area contributed by atoms with Crippen molar-refractivity contribution in [3.05, 3.63) is 23.4 Å². The van der Waals surface area contributed by atoms with Crippen molar-refractivity contribution in [2.24, 2.45) is 0 Å². The van der Waals surface area contributed by atoms with Crippen LogP contribution < -0.4 is 0 Å². The van der Waals surface area contributed by atoms with Gasteiger partial charge in [-0.3, -0.25) is 6.08 Å². The standard InChI is InChI=1S/C5H7Si/c6-5-3-1-2-4-5/h1,3H,2H2,6H3/q-1. The van der Waals surface area contributed by atoms with Crippen LogP contribution in [-0.2, 0) is 0 Å². The van der Waals surface area contributed by atoms with E-state index in [1.807, 2.05) is 0 Å². The molecule has 0 aromatic carbocycles. The van der Waals surface area contributed by atoms with Crippen LogP contribution in [0, 0.1) is 6.08 Å². The first-order chi connectivity index (χ1) is 2.89. The Bertz CT molecular complexity index is 97.8. The third kappa shape index (κ3) is 0.600. The van der Waals surface area contributed by atoms with E-state index in [0.29, 0.717) is 0 Å². The van der Waals surface area contributed by atoms with Crippen LogP contribution in [0.5, 0.6) is 0 Å². The van der Waals surface area contributed by atoms with Gasteiger partial charge in [0.15, 0.2) is 0 Å². The Morgan fingerprint density at radius 1 is 1.83 bits per heavy atom. The zero-order valence-electron chi connectivity index (χ0n) is 3.86. The highest BCUT2D eigenvalue weighted by Gasteiger charge is 1.70. The molecule has 0 heterocycles. The van der Waals surface area contributed by atoms with Gasteiger partial charge < -0.3 is 0 Å². The monoisotopic (exact) mass is 95.0 g/mol. The molecule has 0 fully saturated rings. The van der Waals surface area contributed by atoms with E-state index in [2.05, 4.69) is 18.2 Å². The van der Waals surface area contributed by atoms with Crippen LogP contribution in [0.15, 0.2) is 17.3 Å². The molecule has 0 aromatic rings. The lowest BCUT2D eigenvalue weighted by Crippen LogP contribution is -1.64. The van der Waals surface area contributed by atoms with E-state index in [0.717, 1.165) is 6.42 Å². The van der Waals surface area contributed by atoms with Crippen molar-refractivity contribution in [2.45, 2.75) is 6.42 Å². The molecule has 0 aliphatic heterocycles. The summed E-state index contributed by atoms with van der Waals surface area (Å²) in [6, 6.07) is 0. The summed E-state index contributed by atoms with van der Waals surface area (Å²) in [5.41, 5.74) is 0. The summed E-state index contributed by atoms with van der Waals surface area (Å²) in [6.07, 6.45) is 8.53. The van der Waals surface area contributed by atoms with Crippen LogP contribution in [0.25, 0.3) is 0 Å². The Labute approximate surface area is 41.0 Å². The summed E-state index contributed by atoms with van der Waals surface area (Å²) in [6.45, 7) is 0. The van der Waals surface area contributed by atoms with Gasteiger partial charge in [-0.2, -0.15) is 6.08 Å². The van der Waals surface area contributed by atoms with Crippen molar-refractivity contribution in [1.29, 1.82) is 0 Å². The first-order valence-electron chi connectivity index (χ1n) is 2.13. The first-order valence-corrected chi connectivity index (χ1v) is 3.13. The molecular weight excluding hydrogens is 88.1 g/mol. The average Bonchev–Trinajstić information content (AvgIpc) is 1.86. The van der Waals surface area contributed by atoms with Crippen LogP contribution in [0.4, 0.5) is 0 Å². The topological polar surface area (TPSA) is 0 Å². The van der Waals surface area contributed by atoms with Crippen molar-refractivity contribution in [1.82, 2.24) is 0 Å². The van der Waals surface area contributed by atoms with Gasteiger partial charge in [0.2, 0.25) is 0 Å². The second kappa shape index (κ2) is 1.43. The zero-order valence-corrected chi connectivity index (χ0v) is 5.86. The SMILES string of the molecule is [SiH3]C1=[C-]CC=C1. The van der Waals surface area contributed by atoms with Crippen molar-refractivity contribution < 1.29 is 0 Å². The molecular formula is C5H7Si-. The minimum absolute atomic E-state index is 1.05. The molecule has 0 atom stereocenters. The molecule has 0 spiro atoms. The van der Waals surface area contributed by atoms with Gasteiger partial charge in [0.25, 0.3) is 0 Å². The zero-order chi connectivity index (χ0) is 4.41. The minimum atomic E-state index is 1.05. The van der Waals surface area contributed by atoms with Gasteiger partial charge in [0.05, 0.1) is 0 Å². The van der Waals surface area contributed by atoms with E-state index in [9.17, 15) is 0 Å².